The van der Waals surface area contributed by atoms with Crippen molar-refractivity contribution in [2.24, 2.45) is 11.7 Å². The molecule has 2 amide bonds. The maximum Gasteiger partial charge on any atom is 0.244 e. The van der Waals surface area contributed by atoms with E-state index in [4.69, 9.17) is 5.73 Å². The van der Waals surface area contributed by atoms with Crippen LogP contribution in [0, 0.1) is 5.92 Å². The maximum atomic E-state index is 12.1. The van der Waals surface area contributed by atoms with Gasteiger partial charge in [0.1, 0.15) is 5.54 Å². The van der Waals surface area contributed by atoms with Gasteiger partial charge in [0.25, 0.3) is 0 Å². The van der Waals surface area contributed by atoms with Crippen molar-refractivity contribution in [2.45, 2.75) is 44.7 Å². The number of nitrogens with zero attached hydrogens (tertiary/aromatic N) is 2. The van der Waals surface area contributed by atoms with E-state index in [1.165, 1.54) is 0 Å². The van der Waals surface area contributed by atoms with E-state index < -0.39 is 11.4 Å². The monoisotopic (exact) mass is 264 g/mol. The zero-order valence-corrected chi connectivity index (χ0v) is 11.1. The second-order valence-electron chi connectivity index (χ2n) is 5.37. The predicted molar refractivity (Wildman–Crippen MR) is 69.9 cm³/mol. The van der Waals surface area contributed by atoms with Crippen molar-refractivity contribution in [2.75, 3.05) is 0 Å². The summed E-state index contributed by atoms with van der Waals surface area (Å²) in [6.45, 7) is 1.89. The molecule has 1 aliphatic carbocycles. The van der Waals surface area contributed by atoms with Gasteiger partial charge in [-0.1, -0.05) is 12.8 Å². The number of carbonyl (C=O) groups excluding carboxylic acids is 2. The van der Waals surface area contributed by atoms with Gasteiger partial charge >= 0.3 is 0 Å². The Labute approximate surface area is 112 Å². The predicted octanol–water partition coefficient (Wildman–Crippen LogP) is 0.433. The van der Waals surface area contributed by atoms with Gasteiger partial charge in [-0.25, -0.2) is 0 Å². The molecule has 0 saturated heterocycles. The lowest BCUT2D eigenvalue weighted by Crippen LogP contribution is -2.58. The Morgan fingerprint density at radius 1 is 1.47 bits per heavy atom. The molecule has 0 aliphatic heterocycles. The lowest BCUT2D eigenvalue weighted by molar-refractivity contribution is -0.133. The van der Waals surface area contributed by atoms with Crippen LogP contribution in [0.25, 0.3) is 0 Å². The second-order valence-corrected chi connectivity index (χ2v) is 5.37. The van der Waals surface area contributed by atoms with Gasteiger partial charge in [0.2, 0.25) is 11.8 Å². The van der Waals surface area contributed by atoms with Crippen molar-refractivity contribution in [3.8, 4) is 0 Å². The molecule has 3 N–H and O–H groups in total. The first-order valence-electron chi connectivity index (χ1n) is 6.60. The molecule has 1 heterocycles. The zero-order valence-electron chi connectivity index (χ0n) is 11.1. The summed E-state index contributed by atoms with van der Waals surface area (Å²) in [5.74, 6) is -0.614. The van der Waals surface area contributed by atoms with Crippen LogP contribution in [0.15, 0.2) is 18.5 Å². The molecule has 19 heavy (non-hydrogen) atoms. The summed E-state index contributed by atoms with van der Waals surface area (Å²) in [7, 11) is 0. The minimum Gasteiger partial charge on any atom is -0.368 e. The Kier molecular flexibility index (Phi) is 3.87. The van der Waals surface area contributed by atoms with Gasteiger partial charge in [-0.2, -0.15) is 5.10 Å². The average Bonchev–Trinajstić information content (AvgIpc) is 3.00. The Bertz CT molecular complexity index is 451. The van der Waals surface area contributed by atoms with E-state index in [-0.39, 0.29) is 18.4 Å². The molecule has 1 atom stereocenters. The summed E-state index contributed by atoms with van der Waals surface area (Å²) in [6, 6.07) is 1.76. The lowest BCUT2D eigenvalue weighted by atomic mass is 9.99. The van der Waals surface area contributed by atoms with Crippen LogP contribution in [-0.2, 0) is 16.1 Å². The molecule has 0 spiro atoms. The highest BCUT2D eigenvalue weighted by molar-refractivity contribution is 5.90. The number of hydrogen-bond acceptors (Lipinski definition) is 3. The Balaban J connectivity index is 2.06. The van der Waals surface area contributed by atoms with Crippen LogP contribution in [-0.4, -0.2) is 27.1 Å². The van der Waals surface area contributed by atoms with Gasteiger partial charge in [0, 0.05) is 18.3 Å². The van der Waals surface area contributed by atoms with Gasteiger partial charge in [-0.05, 0) is 25.8 Å². The van der Waals surface area contributed by atoms with Gasteiger partial charge in [-0.3, -0.25) is 14.3 Å². The van der Waals surface area contributed by atoms with Crippen molar-refractivity contribution in [3.05, 3.63) is 18.5 Å². The molecule has 1 fully saturated rings. The van der Waals surface area contributed by atoms with Crippen LogP contribution in [0.2, 0.25) is 0 Å². The van der Waals surface area contributed by atoms with Crippen LogP contribution in [0.1, 0.15) is 32.6 Å². The molecule has 6 heteroatoms. The fourth-order valence-electron chi connectivity index (χ4n) is 2.46. The molecule has 1 aliphatic rings. The van der Waals surface area contributed by atoms with Crippen molar-refractivity contribution in [1.29, 1.82) is 0 Å². The molecule has 0 bridgehead atoms. The first-order valence-corrected chi connectivity index (χ1v) is 6.60. The summed E-state index contributed by atoms with van der Waals surface area (Å²) in [4.78, 5) is 23.8. The molecule has 0 radical (unpaired) electrons. The minimum atomic E-state index is -1.11. The van der Waals surface area contributed by atoms with Gasteiger partial charge < -0.3 is 11.1 Å². The molecule has 0 aromatic carbocycles. The molecular formula is C13H20N4O2. The third-order valence-electron chi connectivity index (χ3n) is 3.71. The molecule has 1 aromatic heterocycles. The number of nitrogens with one attached hydrogen (secondary N) is 1. The Morgan fingerprint density at radius 3 is 2.68 bits per heavy atom. The Morgan fingerprint density at radius 2 is 2.16 bits per heavy atom. The van der Waals surface area contributed by atoms with Crippen LogP contribution < -0.4 is 11.1 Å². The van der Waals surface area contributed by atoms with Gasteiger partial charge in [0.15, 0.2) is 0 Å². The highest BCUT2D eigenvalue weighted by Gasteiger charge is 2.36. The summed E-state index contributed by atoms with van der Waals surface area (Å²) in [6.07, 6.45) is 7.29. The van der Waals surface area contributed by atoms with E-state index in [0.29, 0.717) is 0 Å². The lowest BCUT2D eigenvalue weighted by Gasteiger charge is -2.28. The fraction of sp³-hybridized carbons (Fsp3) is 0.615. The zero-order chi connectivity index (χ0) is 13.9. The number of nitrogens with two attached hydrogens (primary N) is 1. The number of hydrogen-bond donors (Lipinski definition) is 2. The molecule has 104 valence electrons. The molecule has 1 aromatic rings. The van der Waals surface area contributed by atoms with E-state index in [1.807, 2.05) is 0 Å². The standard InChI is InChI=1S/C13H20N4O2/c1-13(12(14)19,9-17-8-4-7-15-17)16-11(18)10-5-2-3-6-10/h4,7-8,10H,2-3,5-6,9H2,1H3,(H2,14,19)(H,16,18). The van der Waals surface area contributed by atoms with Crippen LogP contribution in [0.4, 0.5) is 0 Å². The Hall–Kier alpha value is -1.85. The third-order valence-corrected chi connectivity index (χ3v) is 3.71. The number of amides is 2. The molecule has 1 unspecified atom stereocenters. The molecular weight excluding hydrogens is 244 g/mol. The third kappa shape index (κ3) is 3.13. The normalized spacial score (nSPS) is 19.0. The molecule has 2 rings (SSSR count). The SMILES string of the molecule is CC(Cn1cccn1)(NC(=O)C1CCCC1)C(N)=O. The van der Waals surface area contributed by atoms with E-state index in [2.05, 4.69) is 10.4 Å². The first-order chi connectivity index (χ1) is 9.01. The topological polar surface area (TPSA) is 90.0 Å². The molecule has 1 saturated carbocycles. The van der Waals surface area contributed by atoms with Crippen molar-refractivity contribution in [1.82, 2.24) is 15.1 Å². The summed E-state index contributed by atoms with van der Waals surface area (Å²) in [5.41, 5.74) is 4.33. The largest absolute Gasteiger partial charge is 0.368 e. The summed E-state index contributed by atoms with van der Waals surface area (Å²) in [5, 5.41) is 6.84. The smallest absolute Gasteiger partial charge is 0.244 e. The van der Waals surface area contributed by atoms with E-state index in [9.17, 15) is 9.59 Å². The van der Waals surface area contributed by atoms with Crippen molar-refractivity contribution in [3.63, 3.8) is 0 Å². The van der Waals surface area contributed by atoms with E-state index >= 15 is 0 Å². The number of carbonyl (C=O) groups is 2. The quantitative estimate of drug-likeness (QED) is 0.808. The summed E-state index contributed by atoms with van der Waals surface area (Å²) >= 11 is 0. The van der Waals surface area contributed by atoms with Crippen LogP contribution in [0.3, 0.4) is 0 Å². The highest BCUT2D eigenvalue weighted by atomic mass is 16.2. The van der Waals surface area contributed by atoms with Crippen molar-refractivity contribution < 1.29 is 9.59 Å². The maximum absolute atomic E-state index is 12.1. The number of primary amides is 1. The first kappa shape index (κ1) is 13.6. The van der Waals surface area contributed by atoms with Crippen LogP contribution >= 0.6 is 0 Å². The highest BCUT2D eigenvalue weighted by Crippen LogP contribution is 2.25. The molecule has 6 nitrogen and oxygen atoms in total. The summed E-state index contributed by atoms with van der Waals surface area (Å²) < 4.78 is 1.60. The number of aromatic nitrogens is 2. The van der Waals surface area contributed by atoms with E-state index in [0.717, 1.165) is 25.7 Å². The van der Waals surface area contributed by atoms with E-state index in [1.54, 1.807) is 30.1 Å². The fourth-order valence-corrected chi connectivity index (χ4v) is 2.46. The van der Waals surface area contributed by atoms with Gasteiger partial charge in [0.05, 0.1) is 6.54 Å². The number of rotatable bonds is 5. The van der Waals surface area contributed by atoms with Crippen LogP contribution in [0.5, 0.6) is 0 Å². The van der Waals surface area contributed by atoms with Crippen molar-refractivity contribution >= 4 is 11.8 Å². The average molecular weight is 264 g/mol. The van der Waals surface area contributed by atoms with Gasteiger partial charge in [-0.15, -0.1) is 0 Å². The minimum absolute atomic E-state index is 0.0105. The second kappa shape index (κ2) is 5.42.